The van der Waals surface area contributed by atoms with E-state index >= 15 is 0 Å². The van der Waals surface area contributed by atoms with Crippen LogP contribution in [0.2, 0.25) is 0 Å². The van der Waals surface area contributed by atoms with Gasteiger partial charge in [0, 0.05) is 34.0 Å². The summed E-state index contributed by atoms with van der Waals surface area (Å²) in [7, 11) is 4.73. The number of methoxy groups -OCH3 is 3. The molecule has 2 N–H and O–H groups in total. The van der Waals surface area contributed by atoms with Crippen LogP contribution in [0.5, 0.6) is 17.2 Å². The number of aromatic hydroxyl groups is 1. The third-order valence-corrected chi connectivity index (χ3v) is 9.58. The molecule has 1 atom stereocenters. The number of aliphatic imine (C=N–C) groups is 1. The maximum atomic E-state index is 13.9. The fourth-order valence-corrected chi connectivity index (χ4v) is 6.70. The molecule has 0 bridgehead atoms. The Morgan fingerprint density at radius 3 is 1.33 bits per heavy atom. The van der Waals surface area contributed by atoms with Crippen LogP contribution < -0.4 is 9.47 Å². The molecule has 0 aromatic heterocycles. The lowest BCUT2D eigenvalue weighted by atomic mass is 9.69. The molecule has 0 aliphatic carbocycles. The zero-order chi connectivity index (χ0) is 39.1. The largest absolute Gasteiger partial charge is 0.507 e. The summed E-state index contributed by atoms with van der Waals surface area (Å²) in [5, 5.41) is 24.7. The molecule has 0 aliphatic heterocycles. The first kappa shape index (κ1) is 41.6. The van der Waals surface area contributed by atoms with Gasteiger partial charge in [0.05, 0.1) is 32.9 Å². The highest BCUT2D eigenvalue weighted by Crippen LogP contribution is 2.49. The lowest BCUT2D eigenvalue weighted by Gasteiger charge is -2.41. The normalized spacial score (nSPS) is 13.9. The molecule has 7 heteroatoms. The Labute approximate surface area is 307 Å². The van der Waals surface area contributed by atoms with Crippen LogP contribution in [0.15, 0.2) is 47.5 Å². The number of benzene rings is 3. The van der Waals surface area contributed by atoms with Crippen molar-refractivity contribution in [2.24, 2.45) is 10.9 Å². The third kappa shape index (κ3) is 8.63. The minimum Gasteiger partial charge on any atom is -0.507 e. The number of esters is 1. The van der Waals surface area contributed by atoms with E-state index < -0.39 is 17.6 Å². The highest BCUT2D eigenvalue weighted by atomic mass is 16.5. The summed E-state index contributed by atoms with van der Waals surface area (Å²) in [6, 6.07) is 12.1. The molecule has 0 aliphatic rings. The maximum absolute atomic E-state index is 13.9. The molecule has 0 radical (unpaired) electrons. The first-order valence-corrected chi connectivity index (χ1v) is 17.9. The maximum Gasteiger partial charge on any atom is 0.337 e. The van der Waals surface area contributed by atoms with Gasteiger partial charge in [-0.1, -0.05) is 96.9 Å². The van der Waals surface area contributed by atoms with Gasteiger partial charge in [0.2, 0.25) is 0 Å². The van der Waals surface area contributed by atoms with Crippen LogP contribution >= 0.6 is 0 Å². The summed E-state index contributed by atoms with van der Waals surface area (Å²) in [4.78, 5) is 17.5. The van der Waals surface area contributed by atoms with Crippen LogP contribution in [-0.2, 0) is 32.0 Å². The van der Waals surface area contributed by atoms with Gasteiger partial charge in [-0.05, 0) is 81.2 Å². The summed E-state index contributed by atoms with van der Waals surface area (Å²) in [5.74, 6) is 0.855. The second kappa shape index (κ2) is 14.7. The van der Waals surface area contributed by atoms with Crippen LogP contribution in [0.1, 0.15) is 146 Å². The minimum absolute atomic E-state index is 0.0404. The smallest absolute Gasteiger partial charge is 0.337 e. The molecule has 51 heavy (non-hydrogen) atoms. The number of hydrogen-bond acceptors (Lipinski definition) is 7. The van der Waals surface area contributed by atoms with Crippen molar-refractivity contribution in [3.05, 3.63) is 87.0 Å². The molecule has 0 saturated heterocycles. The average molecular weight is 702 g/mol. The summed E-state index contributed by atoms with van der Waals surface area (Å²) >= 11 is 0. The fraction of sp³-hybridized carbons (Fsp3) is 0.545. The van der Waals surface area contributed by atoms with Gasteiger partial charge in [0.15, 0.2) is 0 Å². The molecule has 1 unspecified atom stereocenters. The Balaban J connectivity index is 2.65. The SMILES string of the molecule is COC(=O)c1ccc(O)c(C=NC(C(C)C)C(O)(c2cc(C(C)(C)C)c(OC)c(C(C)(C)C)c2)c2cc(C(C)(C)C)c(OC)c(C(C)(C)C)c2)c1. The zero-order valence-corrected chi connectivity index (χ0v) is 34.2. The van der Waals surface area contributed by atoms with Crippen LogP contribution in [0.4, 0.5) is 0 Å². The number of phenolic OH excluding ortho intramolecular Hbond substituents is 1. The highest BCUT2D eigenvalue weighted by molar-refractivity contribution is 5.93. The number of hydrogen-bond donors (Lipinski definition) is 2. The Bertz CT molecular complexity index is 1600. The molecule has 0 spiro atoms. The second-order valence-electron chi connectivity index (χ2n) is 18.2. The predicted octanol–water partition coefficient (Wildman–Crippen LogP) is 9.77. The van der Waals surface area contributed by atoms with Crippen LogP contribution in [0.3, 0.4) is 0 Å². The van der Waals surface area contributed by atoms with E-state index in [1.54, 1.807) is 26.5 Å². The van der Waals surface area contributed by atoms with Crippen molar-refractivity contribution in [2.45, 2.75) is 130 Å². The number of ether oxygens (including phenoxy) is 3. The first-order valence-electron chi connectivity index (χ1n) is 17.9. The molecule has 0 amide bonds. The molecule has 0 heterocycles. The van der Waals surface area contributed by atoms with Crippen molar-refractivity contribution in [3.63, 3.8) is 0 Å². The quantitative estimate of drug-likeness (QED) is 0.170. The van der Waals surface area contributed by atoms with Crippen molar-refractivity contribution < 1.29 is 29.2 Å². The molecule has 7 nitrogen and oxygen atoms in total. The second-order valence-corrected chi connectivity index (χ2v) is 18.2. The number of phenols is 1. The van der Waals surface area contributed by atoms with Crippen molar-refractivity contribution in [1.29, 1.82) is 0 Å². The molecule has 3 aromatic rings. The Morgan fingerprint density at radius 1 is 0.667 bits per heavy atom. The fourth-order valence-electron chi connectivity index (χ4n) is 6.70. The topological polar surface area (TPSA) is 97.6 Å². The summed E-state index contributed by atoms with van der Waals surface area (Å²) in [6.45, 7) is 29.9. The van der Waals surface area contributed by atoms with Crippen LogP contribution in [-0.4, -0.2) is 49.8 Å². The number of aliphatic hydroxyl groups is 1. The zero-order valence-electron chi connectivity index (χ0n) is 34.2. The average Bonchev–Trinajstić information content (AvgIpc) is 3.01. The van der Waals surface area contributed by atoms with Gasteiger partial charge >= 0.3 is 5.97 Å². The molecular weight excluding hydrogens is 638 g/mol. The number of carbonyl (C=O) groups excluding carboxylic acids is 1. The summed E-state index contributed by atoms with van der Waals surface area (Å²) < 4.78 is 17.2. The van der Waals surface area contributed by atoms with E-state index in [4.69, 9.17) is 19.2 Å². The highest BCUT2D eigenvalue weighted by Gasteiger charge is 2.45. The number of rotatable bonds is 9. The molecule has 280 valence electrons. The lowest BCUT2D eigenvalue weighted by Crippen LogP contribution is -2.44. The van der Waals surface area contributed by atoms with E-state index in [0.29, 0.717) is 16.7 Å². The molecule has 0 fully saturated rings. The van der Waals surface area contributed by atoms with E-state index in [1.807, 2.05) is 13.8 Å². The van der Waals surface area contributed by atoms with Gasteiger partial charge in [-0.25, -0.2) is 4.79 Å². The Hall–Kier alpha value is -3.84. The predicted molar refractivity (Wildman–Crippen MR) is 209 cm³/mol. The monoisotopic (exact) mass is 701 g/mol. The van der Waals surface area contributed by atoms with Gasteiger partial charge in [-0.15, -0.1) is 0 Å². The summed E-state index contributed by atoms with van der Waals surface area (Å²) in [5.41, 5.74) is 2.90. The van der Waals surface area contributed by atoms with Crippen molar-refractivity contribution in [1.82, 2.24) is 0 Å². The number of carbonyl (C=O) groups is 1. The van der Waals surface area contributed by atoms with Gasteiger partial charge in [-0.3, -0.25) is 4.99 Å². The molecular formula is C44H63NO6. The van der Waals surface area contributed by atoms with Crippen LogP contribution in [0.25, 0.3) is 0 Å². The van der Waals surface area contributed by atoms with E-state index in [0.717, 1.165) is 33.8 Å². The molecule has 3 rings (SSSR count). The standard InChI is InChI=1S/C44H63NO6/c1-26(2)38(45-25-28-20-27(39(47)51-17)18-19-35(28)46)44(48,29-21-31(40(3,4)5)36(49-15)32(22-29)41(6,7)8)30-23-33(42(9,10)11)37(50-16)34(24-30)43(12,13)14/h18-26,38,46,48H,1-17H3. The van der Waals surface area contributed by atoms with E-state index in [-0.39, 0.29) is 38.9 Å². The van der Waals surface area contributed by atoms with Gasteiger partial charge in [-0.2, -0.15) is 0 Å². The van der Waals surface area contributed by atoms with E-state index in [9.17, 15) is 15.0 Å². The lowest BCUT2D eigenvalue weighted by molar-refractivity contribution is 0.0359. The number of nitrogens with zero attached hydrogens (tertiary/aromatic N) is 1. The summed E-state index contributed by atoms with van der Waals surface area (Å²) in [6.07, 6.45) is 1.55. The Kier molecular flexibility index (Phi) is 11.9. The Morgan fingerprint density at radius 2 is 1.04 bits per heavy atom. The van der Waals surface area contributed by atoms with Gasteiger partial charge in [0.25, 0.3) is 0 Å². The first-order chi connectivity index (χ1) is 23.2. The van der Waals surface area contributed by atoms with Gasteiger partial charge < -0.3 is 24.4 Å². The van der Waals surface area contributed by atoms with Crippen molar-refractivity contribution in [3.8, 4) is 17.2 Å². The third-order valence-electron chi connectivity index (χ3n) is 9.58. The van der Waals surface area contributed by atoms with E-state index in [1.165, 1.54) is 19.2 Å². The minimum atomic E-state index is -1.68. The van der Waals surface area contributed by atoms with Crippen molar-refractivity contribution >= 4 is 12.2 Å². The molecule has 0 saturated carbocycles. The van der Waals surface area contributed by atoms with E-state index in [2.05, 4.69) is 107 Å². The van der Waals surface area contributed by atoms with Crippen LogP contribution in [0, 0.1) is 5.92 Å². The van der Waals surface area contributed by atoms with Crippen molar-refractivity contribution in [2.75, 3.05) is 21.3 Å². The van der Waals surface area contributed by atoms with Gasteiger partial charge in [0.1, 0.15) is 22.8 Å². The molecule has 3 aromatic carbocycles.